The number of hydrogen-bond donors (Lipinski definition) is 0. The third-order valence-electron chi connectivity index (χ3n) is 3.20. The quantitative estimate of drug-likeness (QED) is 0.806. The van der Waals surface area contributed by atoms with Gasteiger partial charge in [0.25, 0.3) is 5.56 Å². The average molecular weight is 311 g/mol. The predicted octanol–water partition coefficient (Wildman–Crippen LogP) is 1.52. The van der Waals surface area contributed by atoms with E-state index in [2.05, 4.69) is 0 Å². The van der Waals surface area contributed by atoms with Gasteiger partial charge in [-0.15, -0.1) is 0 Å². The highest BCUT2D eigenvalue weighted by Gasteiger charge is 2.15. The highest BCUT2D eigenvalue weighted by molar-refractivity contribution is 6.30. The van der Waals surface area contributed by atoms with Crippen molar-refractivity contribution in [2.45, 2.75) is 6.92 Å². The van der Waals surface area contributed by atoms with Crippen LogP contribution in [0.4, 0.5) is 0 Å². The molecule has 0 aliphatic heterocycles. The summed E-state index contributed by atoms with van der Waals surface area (Å²) in [6.07, 6.45) is 0. The van der Waals surface area contributed by atoms with Crippen LogP contribution in [-0.4, -0.2) is 23.4 Å². The summed E-state index contributed by atoms with van der Waals surface area (Å²) in [5.41, 5.74) is -0.206. The minimum absolute atomic E-state index is 0.0680. The monoisotopic (exact) mass is 310 g/mol. The first-order chi connectivity index (χ1) is 9.90. The van der Waals surface area contributed by atoms with Crippen molar-refractivity contribution in [3.63, 3.8) is 0 Å². The van der Waals surface area contributed by atoms with E-state index >= 15 is 0 Å². The van der Waals surface area contributed by atoms with Crippen LogP contribution < -0.4 is 20.7 Å². The summed E-state index contributed by atoms with van der Waals surface area (Å²) < 4.78 is 12.6. The number of ether oxygens (including phenoxy) is 2. The lowest BCUT2D eigenvalue weighted by Gasteiger charge is -2.14. The second kappa shape index (κ2) is 5.65. The van der Waals surface area contributed by atoms with Gasteiger partial charge in [-0.05, 0) is 6.92 Å². The smallest absolute Gasteiger partial charge is 0.336 e. The Morgan fingerprint density at radius 2 is 1.57 bits per heavy atom. The van der Waals surface area contributed by atoms with Gasteiger partial charge in [-0.2, -0.15) is 0 Å². The lowest BCUT2D eigenvalue weighted by molar-refractivity contribution is 0.394. The van der Waals surface area contributed by atoms with E-state index in [0.717, 1.165) is 4.57 Å². The summed E-state index contributed by atoms with van der Waals surface area (Å²) in [5.74, 6) is 1.03. The van der Waals surface area contributed by atoms with Crippen LogP contribution in [0.1, 0.15) is 5.56 Å². The molecule has 0 amide bonds. The van der Waals surface area contributed by atoms with Crippen LogP contribution in [0.15, 0.2) is 27.8 Å². The topological polar surface area (TPSA) is 62.5 Å². The molecule has 0 atom stereocenters. The maximum atomic E-state index is 12.3. The first-order valence-corrected chi connectivity index (χ1v) is 6.50. The van der Waals surface area contributed by atoms with Crippen LogP contribution in [0.2, 0.25) is 5.15 Å². The largest absolute Gasteiger partial charge is 0.497 e. The molecule has 1 heterocycles. The summed E-state index contributed by atoms with van der Waals surface area (Å²) >= 11 is 6.17. The fourth-order valence-corrected chi connectivity index (χ4v) is 2.22. The molecule has 0 bridgehead atoms. The fraction of sp³-hybridized carbons (Fsp3) is 0.286. The molecule has 2 rings (SSSR count). The van der Waals surface area contributed by atoms with Crippen molar-refractivity contribution in [2.75, 3.05) is 14.2 Å². The molecule has 1 aromatic heterocycles. The third kappa shape index (κ3) is 2.54. The molecule has 112 valence electrons. The number of aromatic nitrogens is 2. The number of rotatable bonds is 3. The van der Waals surface area contributed by atoms with E-state index in [-0.39, 0.29) is 5.15 Å². The molecule has 0 aliphatic carbocycles. The van der Waals surface area contributed by atoms with Gasteiger partial charge in [0.2, 0.25) is 0 Å². The lowest BCUT2D eigenvalue weighted by Crippen LogP contribution is -2.39. The molecule has 0 saturated heterocycles. The molecule has 0 radical (unpaired) electrons. The van der Waals surface area contributed by atoms with Gasteiger partial charge < -0.3 is 9.47 Å². The SMILES string of the molecule is COc1cc(OC)cc(-n2c(Cl)c(C)c(=O)n(C)c2=O)c1. The van der Waals surface area contributed by atoms with Crippen molar-refractivity contribution in [1.29, 1.82) is 0 Å². The van der Waals surface area contributed by atoms with E-state index < -0.39 is 11.2 Å². The number of methoxy groups -OCH3 is 2. The van der Waals surface area contributed by atoms with Crippen LogP contribution in [0.5, 0.6) is 11.5 Å². The van der Waals surface area contributed by atoms with Gasteiger partial charge in [0.15, 0.2) is 0 Å². The lowest BCUT2D eigenvalue weighted by atomic mass is 10.2. The maximum Gasteiger partial charge on any atom is 0.336 e. The van der Waals surface area contributed by atoms with Crippen molar-refractivity contribution in [3.8, 4) is 17.2 Å². The second-order valence-corrected chi connectivity index (χ2v) is 4.83. The van der Waals surface area contributed by atoms with E-state index in [4.69, 9.17) is 21.1 Å². The summed E-state index contributed by atoms with van der Waals surface area (Å²) in [6.45, 7) is 1.57. The minimum Gasteiger partial charge on any atom is -0.497 e. The molecule has 0 N–H and O–H groups in total. The van der Waals surface area contributed by atoms with Gasteiger partial charge in [0, 0.05) is 25.2 Å². The van der Waals surface area contributed by atoms with E-state index in [1.807, 2.05) is 0 Å². The number of benzene rings is 1. The Balaban J connectivity index is 2.85. The van der Waals surface area contributed by atoms with E-state index in [1.165, 1.54) is 25.8 Å². The third-order valence-corrected chi connectivity index (χ3v) is 3.66. The molecule has 0 fully saturated rings. The summed E-state index contributed by atoms with van der Waals surface area (Å²) in [5, 5.41) is 0.0680. The predicted molar refractivity (Wildman–Crippen MR) is 80.1 cm³/mol. The Morgan fingerprint density at radius 3 is 2.05 bits per heavy atom. The molecule has 0 saturated carbocycles. The van der Waals surface area contributed by atoms with Gasteiger partial charge in [-0.3, -0.25) is 13.9 Å². The maximum absolute atomic E-state index is 12.3. The van der Waals surface area contributed by atoms with Gasteiger partial charge in [-0.25, -0.2) is 4.79 Å². The van der Waals surface area contributed by atoms with Crippen molar-refractivity contribution in [1.82, 2.24) is 9.13 Å². The number of halogens is 1. The van der Waals surface area contributed by atoms with Gasteiger partial charge in [-0.1, -0.05) is 11.6 Å². The van der Waals surface area contributed by atoms with Crippen LogP contribution in [0.3, 0.4) is 0 Å². The van der Waals surface area contributed by atoms with Crippen molar-refractivity contribution in [2.24, 2.45) is 7.05 Å². The normalized spacial score (nSPS) is 10.5. The first-order valence-electron chi connectivity index (χ1n) is 6.12. The Labute approximate surface area is 126 Å². The van der Waals surface area contributed by atoms with E-state index in [0.29, 0.717) is 22.7 Å². The molecule has 7 heteroatoms. The fourth-order valence-electron chi connectivity index (χ4n) is 1.97. The van der Waals surface area contributed by atoms with Crippen LogP contribution >= 0.6 is 11.6 Å². The van der Waals surface area contributed by atoms with E-state index in [9.17, 15) is 9.59 Å². The molecule has 0 spiro atoms. The highest BCUT2D eigenvalue weighted by Crippen LogP contribution is 2.26. The van der Waals surface area contributed by atoms with Gasteiger partial charge in [0.1, 0.15) is 16.7 Å². The van der Waals surface area contributed by atoms with Crippen LogP contribution in [-0.2, 0) is 7.05 Å². The zero-order valence-corrected chi connectivity index (χ0v) is 12.9. The molecular formula is C14H15ClN2O4. The highest BCUT2D eigenvalue weighted by atomic mass is 35.5. The van der Waals surface area contributed by atoms with Gasteiger partial charge in [0.05, 0.1) is 25.5 Å². The Kier molecular flexibility index (Phi) is 4.09. The molecule has 6 nitrogen and oxygen atoms in total. The Hall–Kier alpha value is -2.21. The van der Waals surface area contributed by atoms with Crippen molar-refractivity contribution < 1.29 is 9.47 Å². The van der Waals surface area contributed by atoms with Crippen LogP contribution in [0.25, 0.3) is 5.69 Å². The summed E-state index contributed by atoms with van der Waals surface area (Å²) in [4.78, 5) is 24.2. The minimum atomic E-state index is -0.536. The Morgan fingerprint density at radius 1 is 1.05 bits per heavy atom. The number of nitrogens with zero attached hydrogens (tertiary/aromatic N) is 2. The molecule has 2 aromatic rings. The van der Waals surface area contributed by atoms with Crippen LogP contribution in [0, 0.1) is 6.92 Å². The average Bonchev–Trinajstić information content (AvgIpc) is 2.50. The molecule has 0 aliphatic rings. The second-order valence-electron chi connectivity index (χ2n) is 4.47. The molecule has 1 aromatic carbocycles. The standard InChI is InChI=1S/C14H15ClN2O4/c1-8-12(15)17(14(19)16(2)13(8)18)9-5-10(20-3)7-11(6-9)21-4/h5-7H,1-4H3. The van der Waals surface area contributed by atoms with Gasteiger partial charge >= 0.3 is 5.69 Å². The van der Waals surface area contributed by atoms with E-state index in [1.54, 1.807) is 25.1 Å². The molecular weight excluding hydrogens is 296 g/mol. The zero-order valence-electron chi connectivity index (χ0n) is 12.1. The van der Waals surface area contributed by atoms with Crippen molar-refractivity contribution in [3.05, 3.63) is 49.8 Å². The number of hydrogen-bond acceptors (Lipinski definition) is 4. The molecule has 0 unspecified atom stereocenters. The summed E-state index contributed by atoms with van der Waals surface area (Å²) in [6, 6.07) is 4.96. The first kappa shape index (κ1) is 15.2. The van der Waals surface area contributed by atoms with Crippen molar-refractivity contribution >= 4 is 11.6 Å². The Bertz CT molecular complexity index is 786. The molecule has 21 heavy (non-hydrogen) atoms. The zero-order chi connectivity index (χ0) is 15.7. The summed E-state index contributed by atoms with van der Waals surface area (Å²) in [7, 11) is 4.42.